The molecule has 0 saturated carbocycles. The second-order valence-corrected chi connectivity index (χ2v) is 7.94. The zero-order chi connectivity index (χ0) is 22.9. The molecule has 0 atom stereocenters. The van der Waals surface area contributed by atoms with Gasteiger partial charge in [-0.3, -0.25) is 9.67 Å². The van der Waals surface area contributed by atoms with Gasteiger partial charge in [0.25, 0.3) is 0 Å². The smallest absolute Gasteiger partial charge is 0.537 e. The molecule has 6 nitrogen and oxygen atoms in total. The Morgan fingerprint density at radius 1 is 0.857 bits per heavy atom. The summed E-state index contributed by atoms with van der Waals surface area (Å²) in [6.45, 7) is 0. The molecule has 35 heavy (non-hydrogen) atoms. The van der Waals surface area contributed by atoms with Crippen molar-refractivity contribution >= 4 is 18.2 Å². The molecule has 172 valence electrons. The van der Waals surface area contributed by atoms with E-state index in [0.29, 0.717) is 11.5 Å². The number of nitrogens with zero attached hydrogens (tertiary/aromatic N) is 4. The average Bonchev–Trinajstić information content (AvgIpc) is 3.51. The molecule has 3 heterocycles. The van der Waals surface area contributed by atoms with Crippen LogP contribution in [0.1, 0.15) is 0 Å². The fourth-order valence-electron chi connectivity index (χ4n) is 4.00. The van der Waals surface area contributed by atoms with Gasteiger partial charge in [0.2, 0.25) is 0 Å². The second kappa shape index (κ2) is 9.81. The van der Waals surface area contributed by atoms with Crippen molar-refractivity contribution in [3.05, 3.63) is 110 Å². The van der Waals surface area contributed by atoms with Crippen LogP contribution in [0.2, 0.25) is 0 Å². The summed E-state index contributed by atoms with van der Waals surface area (Å²) in [7, 11) is 1.75. The van der Waals surface area contributed by atoms with E-state index in [0.717, 1.165) is 33.7 Å². The number of para-hydroxylation sites is 2. The number of ether oxygens (including phenoxy) is 1. The standard InChI is InChI=1S/C27H19BN4O2.Pt/c1-31-26-12-2-3-13-27(26)34-28(31)22-8-4-10-24(15-22)33-25-11-5-9-23(16-25)32-19-21(18-30-32)20-7-6-14-29-17-20;/h2-14,17-19H,1H3;/q-2;+2. The normalized spacial score (nSPS) is 12.0. The predicted octanol–water partition coefficient (Wildman–Crippen LogP) is 4.55. The van der Waals surface area contributed by atoms with E-state index in [1.807, 2.05) is 98.4 Å². The molecule has 8 heteroatoms. The summed E-state index contributed by atoms with van der Waals surface area (Å²) >= 11 is 0. The molecular formula is C27H19BN4O2Pt. The van der Waals surface area contributed by atoms with Crippen LogP contribution >= 0.6 is 0 Å². The number of fused-ring (bicyclic) bond motifs is 1. The van der Waals surface area contributed by atoms with Gasteiger partial charge in [-0.1, -0.05) is 18.2 Å². The minimum atomic E-state index is -0.258. The van der Waals surface area contributed by atoms with Gasteiger partial charge in [0.05, 0.1) is 11.9 Å². The SMILES string of the molecule is CN1B(c2[c-]c(Oc3[c-]c(-n4cc(-c5cccnc5)cn4)ccc3)ccc2)Oc2ccccc21.[Pt+2]. The first-order valence-electron chi connectivity index (χ1n) is 10.9. The summed E-state index contributed by atoms with van der Waals surface area (Å²) < 4.78 is 14.0. The van der Waals surface area contributed by atoms with Crippen LogP contribution in [-0.2, 0) is 21.1 Å². The minimum absolute atomic E-state index is 0. The molecule has 3 aromatic carbocycles. The number of rotatable bonds is 5. The van der Waals surface area contributed by atoms with E-state index in [4.69, 9.17) is 9.39 Å². The van der Waals surface area contributed by atoms with Crippen molar-refractivity contribution in [1.29, 1.82) is 0 Å². The number of hydrogen-bond donors (Lipinski definition) is 0. The van der Waals surface area contributed by atoms with Gasteiger partial charge in [0.15, 0.2) is 0 Å². The van der Waals surface area contributed by atoms with Gasteiger partial charge in [0.1, 0.15) is 5.75 Å². The number of anilines is 1. The molecule has 0 aliphatic carbocycles. The Morgan fingerprint density at radius 3 is 2.51 bits per heavy atom. The van der Waals surface area contributed by atoms with E-state index in [-0.39, 0.29) is 28.1 Å². The third-order valence-corrected chi connectivity index (χ3v) is 5.69. The zero-order valence-electron chi connectivity index (χ0n) is 18.7. The predicted molar refractivity (Wildman–Crippen MR) is 132 cm³/mol. The maximum absolute atomic E-state index is 6.14. The van der Waals surface area contributed by atoms with E-state index >= 15 is 0 Å². The second-order valence-electron chi connectivity index (χ2n) is 7.94. The van der Waals surface area contributed by atoms with Crippen molar-refractivity contribution in [2.45, 2.75) is 0 Å². The molecule has 0 radical (unpaired) electrons. The van der Waals surface area contributed by atoms with E-state index < -0.39 is 0 Å². The number of benzene rings is 3. The fraction of sp³-hybridized carbons (Fsp3) is 0.0370. The molecule has 1 aliphatic heterocycles. The monoisotopic (exact) mass is 637 g/mol. The first kappa shape index (κ1) is 22.9. The summed E-state index contributed by atoms with van der Waals surface area (Å²) in [5.41, 5.74) is 4.71. The van der Waals surface area contributed by atoms with Gasteiger partial charge in [-0.15, -0.1) is 35.8 Å². The van der Waals surface area contributed by atoms with Crippen molar-refractivity contribution in [3.8, 4) is 34.1 Å². The van der Waals surface area contributed by atoms with Crippen LogP contribution in [0.3, 0.4) is 0 Å². The maximum atomic E-state index is 6.14. The van der Waals surface area contributed by atoms with Crippen LogP contribution in [0.15, 0.2) is 97.6 Å². The van der Waals surface area contributed by atoms with Gasteiger partial charge in [0, 0.05) is 41.2 Å². The molecule has 0 bridgehead atoms. The van der Waals surface area contributed by atoms with Crippen molar-refractivity contribution in [1.82, 2.24) is 14.8 Å². The van der Waals surface area contributed by atoms with Crippen molar-refractivity contribution in [2.24, 2.45) is 0 Å². The summed E-state index contributed by atoms with van der Waals surface area (Å²) in [6.07, 6.45) is 7.33. The molecule has 0 amide bonds. The van der Waals surface area contributed by atoms with Gasteiger partial charge in [-0.25, -0.2) is 0 Å². The minimum Gasteiger partial charge on any atom is -0.537 e. The summed E-state index contributed by atoms with van der Waals surface area (Å²) in [6, 6.07) is 30.1. The van der Waals surface area contributed by atoms with Gasteiger partial charge in [-0.05, 0) is 30.9 Å². The van der Waals surface area contributed by atoms with Crippen LogP contribution in [-0.4, -0.2) is 28.9 Å². The van der Waals surface area contributed by atoms with E-state index in [1.54, 1.807) is 10.9 Å². The molecule has 0 N–H and O–H groups in total. The average molecular weight is 637 g/mol. The van der Waals surface area contributed by atoms with Crippen molar-refractivity contribution in [2.75, 3.05) is 11.9 Å². The molecule has 0 unspecified atom stereocenters. The summed E-state index contributed by atoms with van der Waals surface area (Å²) in [4.78, 5) is 6.27. The molecular weight excluding hydrogens is 618 g/mol. The van der Waals surface area contributed by atoms with E-state index in [1.165, 1.54) is 0 Å². The molecule has 5 aromatic rings. The van der Waals surface area contributed by atoms with Crippen LogP contribution in [0.25, 0.3) is 16.8 Å². The van der Waals surface area contributed by atoms with E-state index in [2.05, 4.69) is 27.0 Å². The van der Waals surface area contributed by atoms with Gasteiger partial charge < -0.3 is 14.2 Å². The molecule has 2 aromatic heterocycles. The Morgan fingerprint density at radius 2 is 1.69 bits per heavy atom. The molecule has 0 fully saturated rings. The maximum Gasteiger partial charge on any atom is 2.00 e. The molecule has 6 rings (SSSR count). The Kier molecular flexibility index (Phi) is 6.43. The molecule has 0 spiro atoms. The first-order valence-corrected chi connectivity index (χ1v) is 10.9. The fourth-order valence-corrected chi connectivity index (χ4v) is 4.00. The number of hydrogen-bond acceptors (Lipinski definition) is 5. The number of aromatic nitrogens is 3. The Labute approximate surface area is 218 Å². The van der Waals surface area contributed by atoms with E-state index in [9.17, 15) is 0 Å². The Hall–Kier alpha value is -3.83. The van der Waals surface area contributed by atoms with Gasteiger partial charge >= 0.3 is 28.1 Å². The first-order chi connectivity index (χ1) is 16.7. The van der Waals surface area contributed by atoms with Crippen LogP contribution < -0.4 is 19.7 Å². The van der Waals surface area contributed by atoms with Crippen LogP contribution in [0.5, 0.6) is 17.2 Å². The largest absolute Gasteiger partial charge is 2.00 e. The Balaban J connectivity index is 0.00000253. The number of pyridine rings is 1. The quantitative estimate of drug-likeness (QED) is 0.209. The molecule has 0 saturated heterocycles. The topological polar surface area (TPSA) is 52.4 Å². The molecule has 1 aliphatic rings. The Bertz CT molecular complexity index is 1460. The van der Waals surface area contributed by atoms with Crippen LogP contribution in [0.4, 0.5) is 5.69 Å². The third kappa shape index (κ3) is 4.60. The van der Waals surface area contributed by atoms with Gasteiger partial charge in [-0.2, -0.15) is 23.3 Å². The van der Waals surface area contributed by atoms with Crippen molar-refractivity contribution < 1.29 is 30.5 Å². The zero-order valence-corrected chi connectivity index (χ0v) is 21.0. The van der Waals surface area contributed by atoms with Crippen LogP contribution in [0, 0.1) is 12.1 Å². The summed E-state index contributed by atoms with van der Waals surface area (Å²) in [5.74, 6) is 2.03. The van der Waals surface area contributed by atoms with Crippen molar-refractivity contribution in [3.63, 3.8) is 0 Å². The third-order valence-electron chi connectivity index (χ3n) is 5.69. The summed E-state index contributed by atoms with van der Waals surface area (Å²) in [5, 5.41) is 4.48.